The van der Waals surface area contributed by atoms with Crippen LogP contribution in [0.1, 0.15) is 41.6 Å². The highest BCUT2D eigenvalue weighted by Gasteiger charge is 2.19. The number of aryl methyl sites for hydroxylation is 1. The number of anilines is 1. The molecule has 0 spiro atoms. The van der Waals surface area contributed by atoms with E-state index in [0.717, 1.165) is 24.9 Å². The molecule has 0 saturated carbocycles. The Morgan fingerprint density at radius 2 is 1.93 bits per heavy atom. The van der Waals surface area contributed by atoms with E-state index < -0.39 is 5.91 Å². The lowest BCUT2D eigenvalue weighted by molar-refractivity contribution is 0.0997. The predicted molar refractivity (Wildman–Crippen MR) is 108 cm³/mol. The molecule has 1 aliphatic heterocycles. The average molecular weight is 367 g/mol. The number of hydrogen-bond acceptors (Lipinski definition) is 4. The van der Waals surface area contributed by atoms with Crippen LogP contribution in [0.2, 0.25) is 0 Å². The fourth-order valence-corrected chi connectivity index (χ4v) is 3.71. The van der Waals surface area contributed by atoms with Crippen molar-refractivity contribution >= 4 is 11.6 Å². The minimum Gasteiger partial charge on any atom is -0.751 e. The first-order valence-electron chi connectivity index (χ1n) is 9.54. The summed E-state index contributed by atoms with van der Waals surface area (Å²) in [5, 5.41) is 13.3. The summed E-state index contributed by atoms with van der Waals surface area (Å²) in [5.41, 5.74) is 1.72. The van der Waals surface area contributed by atoms with Gasteiger partial charge in [-0.25, -0.2) is 0 Å². The molecular formula is C22H27N2O3-. The number of methoxy groups -OCH3 is 1. The van der Waals surface area contributed by atoms with E-state index >= 15 is 0 Å². The number of likely N-dealkylation sites (tertiary alicyclic amines) is 1. The zero-order chi connectivity index (χ0) is 19.2. The number of hydroxylamine groups is 1. The molecule has 5 nitrogen and oxygen atoms in total. The molecule has 5 heteroatoms. The number of benzene rings is 2. The topological polar surface area (TPSA) is 55.8 Å². The summed E-state index contributed by atoms with van der Waals surface area (Å²) in [4.78, 5) is 15.0. The second-order valence-electron chi connectivity index (χ2n) is 7.13. The van der Waals surface area contributed by atoms with E-state index in [1.807, 2.05) is 12.1 Å². The molecule has 1 unspecified atom stereocenters. The number of carbonyl (C=O) groups is 1. The van der Waals surface area contributed by atoms with Gasteiger partial charge >= 0.3 is 0 Å². The summed E-state index contributed by atoms with van der Waals surface area (Å²) in [6.07, 6.45) is 5.51. The molecule has 3 rings (SSSR count). The van der Waals surface area contributed by atoms with Crippen molar-refractivity contribution in [2.75, 3.05) is 25.8 Å². The quantitative estimate of drug-likeness (QED) is 0.716. The third-order valence-electron chi connectivity index (χ3n) is 5.40. The SMILES string of the molecule is COc1ccc(C(=O)N([O-])c2ccccc2CCC2CCCCN2C)cc1. The van der Waals surface area contributed by atoms with Crippen LogP contribution in [0.15, 0.2) is 48.5 Å². The zero-order valence-corrected chi connectivity index (χ0v) is 16.1. The fraction of sp³-hybridized carbons (Fsp3) is 0.409. The minimum absolute atomic E-state index is 0.354. The second kappa shape index (κ2) is 9.02. The molecule has 1 saturated heterocycles. The van der Waals surface area contributed by atoms with Gasteiger partial charge in [-0.3, -0.25) is 4.79 Å². The highest BCUT2D eigenvalue weighted by molar-refractivity contribution is 6.07. The molecule has 2 aromatic carbocycles. The zero-order valence-electron chi connectivity index (χ0n) is 16.1. The normalized spacial score (nSPS) is 17.5. The van der Waals surface area contributed by atoms with Gasteiger partial charge in [-0.1, -0.05) is 24.6 Å². The van der Waals surface area contributed by atoms with Crippen LogP contribution in [0, 0.1) is 5.21 Å². The minimum atomic E-state index is -0.556. The predicted octanol–water partition coefficient (Wildman–Crippen LogP) is 4.26. The van der Waals surface area contributed by atoms with E-state index in [9.17, 15) is 10.0 Å². The Kier molecular flexibility index (Phi) is 6.48. The lowest BCUT2D eigenvalue weighted by Gasteiger charge is -2.34. The molecule has 0 aromatic heterocycles. The molecule has 27 heavy (non-hydrogen) atoms. The fourth-order valence-electron chi connectivity index (χ4n) is 3.71. The van der Waals surface area contributed by atoms with Crippen molar-refractivity contribution in [1.29, 1.82) is 0 Å². The Morgan fingerprint density at radius 3 is 2.63 bits per heavy atom. The highest BCUT2D eigenvalue weighted by Crippen LogP contribution is 2.26. The third-order valence-corrected chi connectivity index (χ3v) is 5.40. The van der Waals surface area contributed by atoms with Crippen LogP contribution >= 0.6 is 0 Å². The van der Waals surface area contributed by atoms with Crippen molar-refractivity contribution in [2.45, 2.75) is 38.1 Å². The Balaban J connectivity index is 1.72. The first kappa shape index (κ1) is 19.4. The van der Waals surface area contributed by atoms with Gasteiger partial charge in [0.25, 0.3) is 0 Å². The first-order valence-corrected chi connectivity index (χ1v) is 9.54. The van der Waals surface area contributed by atoms with E-state index in [0.29, 0.717) is 28.1 Å². The number of carbonyl (C=O) groups excluding carboxylic acids is 1. The Bertz CT molecular complexity index is 760. The summed E-state index contributed by atoms with van der Waals surface area (Å²) in [5.74, 6) is 0.0980. The van der Waals surface area contributed by atoms with Crippen LogP contribution < -0.4 is 9.80 Å². The molecule has 2 aromatic rings. The van der Waals surface area contributed by atoms with Crippen molar-refractivity contribution in [3.63, 3.8) is 0 Å². The van der Waals surface area contributed by atoms with Gasteiger partial charge in [-0.2, -0.15) is 0 Å². The maximum Gasteiger partial charge on any atom is 0.247 e. The van der Waals surface area contributed by atoms with Crippen molar-refractivity contribution in [3.05, 3.63) is 64.9 Å². The summed E-state index contributed by atoms with van der Waals surface area (Å²) < 4.78 is 5.10. The van der Waals surface area contributed by atoms with Crippen molar-refractivity contribution in [3.8, 4) is 5.75 Å². The molecular weight excluding hydrogens is 340 g/mol. The lowest BCUT2D eigenvalue weighted by Crippen LogP contribution is -2.36. The maximum absolute atomic E-state index is 12.8. The first-order chi connectivity index (χ1) is 13.1. The summed E-state index contributed by atoms with van der Waals surface area (Å²) in [7, 11) is 3.74. The largest absolute Gasteiger partial charge is 0.751 e. The Morgan fingerprint density at radius 1 is 1.19 bits per heavy atom. The van der Waals surface area contributed by atoms with Crippen molar-refractivity contribution in [2.24, 2.45) is 0 Å². The Hall–Kier alpha value is -2.37. The van der Waals surface area contributed by atoms with Gasteiger partial charge in [0.15, 0.2) is 0 Å². The molecule has 0 radical (unpaired) electrons. The molecule has 1 fully saturated rings. The van der Waals surface area contributed by atoms with Crippen molar-refractivity contribution in [1.82, 2.24) is 4.90 Å². The van der Waals surface area contributed by atoms with Gasteiger partial charge in [0.1, 0.15) is 5.75 Å². The Labute approximate surface area is 161 Å². The average Bonchev–Trinajstić information content (AvgIpc) is 2.72. The molecule has 0 aliphatic carbocycles. The van der Waals surface area contributed by atoms with Crippen LogP contribution in [0.3, 0.4) is 0 Å². The number of rotatable bonds is 6. The molecule has 0 bridgehead atoms. The summed E-state index contributed by atoms with van der Waals surface area (Å²) in [6, 6.07) is 14.6. The van der Waals surface area contributed by atoms with Crippen LogP contribution in [0.25, 0.3) is 0 Å². The summed E-state index contributed by atoms with van der Waals surface area (Å²) >= 11 is 0. The standard InChI is InChI=1S/C22H27N2O3/c1-23-16-6-5-8-19(23)13-10-17-7-3-4-9-21(17)24(26)22(25)18-11-14-20(27-2)15-12-18/h3-4,7,9,11-12,14-15,19H,5-6,8,10,13,16H2,1-2H3/q-1. The van der Waals surface area contributed by atoms with E-state index in [4.69, 9.17) is 4.74 Å². The summed E-state index contributed by atoms with van der Waals surface area (Å²) in [6.45, 7) is 1.13. The van der Waals surface area contributed by atoms with E-state index in [-0.39, 0.29) is 0 Å². The van der Waals surface area contributed by atoms with Gasteiger partial charge in [0.2, 0.25) is 5.91 Å². The highest BCUT2D eigenvalue weighted by atomic mass is 16.5. The van der Waals surface area contributed by atoms with E-state index in [1.54, 1.807) is 43.5 Å². The molecule has 1 heterocycles. The van der Waals surface area contributed by atoms with Crippen LogP contribution in [0.4, 0.5) is 5.69 Å². The number of amides is 1. The monoisotopic (exact) mass is 367 g/mol. The number of piperidine rings is 1. The van der Waals surface area contributed by atoms with Crippen LogP contribution in [0.5, 0.6) is 5.75 Å². The molecule has 144 valence electrons. The molecule has 0 N–H and O–H groups in total. The van der Waals surface area contributed by atoms with Crippen LogP contribution in [-0.4, -0.2) is 37.6 Å². The van der Waals surface area contributed by atoms with Gasteiger partial charge in [0, 0.05) is 17.3 Å². The molecule has 1 atom stereocenters. The van der Waals surface area contributed by atoms with Gasteiger partial charge < -0.3 is 19.9 Å². The number of ether oxygens (including phenoxy) is 1. The molecule has 1 amide bonds. The van der Waals surface area contributed by atoms with E-state index in [2.05, 4.69) is 11.9 Å². The third kappa shape index (κ3) is 4.67. The number of hydrogen-bond donors (Lipinski definition) is 0. The van der Waals surface area contributed by atoms with Gasteiger partial charge in [0.05, 0.1) is 7.11 Å². The maximum atomic E-state index is 12.8. The van der Waals surface area contributed by atoms with Crippen LogP contribution in [-0.2, 0) is 6.42 Å². The molecule has 1 aliphatic rings. The van der Waals surface area contributed by atoms with Gasteiger partial charge in [-0.15, -0.1) is 0 Å². The number of nitrogens with zero attached hydrogens (tertiary/aromatic N) is 2. The second-order valence-corrected chi connectivity index (χ2v) is 7.13. The lowest BCUT2D eigenvalue weighted by atomic mass is 9.96. The van der Waals surface area contributed by atoms with E-state index in [1.165, 1.54) is 19.3 Å². The number of para-hydroxylation sites is 1. The van der Waals surface area contributed by atoms with Crippen molar-refractivity contribution < 1.29 is 9.53 Å². The smallest absolute Gasteiger partial charge is 0.247 e. The van der Waals surface area contributed by atoms with Gasteiger partial charge in [-0.05, 0) is 75.2 Å².